The van der Waals surface area contributed by atoms with Crippen LogP contribution < -0.4 is 15.6 Å². The molecule has 27 heavy (non-hydrogen) atoms. The predicted octanol–water partition coefficient (Wildman–Crippen LogP) is 3.48. The van der Waals surface area contributed by atoms with Gasteiger partial charge in [-0.15, -0.1) is 0 Å². The fourth-order valence-electron chi connectivity index (χ4n) is 4.70. The van der Waals surface area contributed by atoms with Crippen molar-refractivity contribution in [1.82, 2.24) is 15.8 Å². The molecule has 2 aromatic carbocycles. The molecule has 0 aromatic heterocycles. The van der Waals surface area contributed by atoms with E-state index in [0.29, 0.717) is 17.9 Å². The van der Waals surface area contributed by atoms with Crippen LogP contribution in [-0.4, -0.2) is 37.7 Å². The van der Waals surface area contributed by atoms with Gasteiger partial charge in [-0.1, -0.05) is 48.0 Å². The number of rotatable bonds is 5. The fourth-order valence-corrected chi connectivity index (χ4v) is 4.70. The molecule has 2 heterocycles. The fraction of sp³-hybridized carbons (Fsp3) is 0.478. The van der Waals surface area contributed by atoms with Crippen LogP contribution in [0, 0.1) is 12.8 Å². The second kappa shape index (κ2) is 8.42. The molecule has 0 radical (unpaired) electrons. The van der Waals surface area contributed by atoms with Gasteiger partial charge in [0.25, 0.3) is 0 Å². The van der Waals surface area contributed by atoms with Gasteiger partial charge in [-0.25, -0.2) is 0 Å². The minimum atomic E-state index is 0.494. The van der Waals surface area contributed by atoms with Gasteiger partial charge >= 0.3 is 0 Å². The summed E-state index contributed by atoms with van der Waals surface area (Å²) in [6.07, 6.45) is 2.56. The normalized spacial score (nSPS) is 26.2. The first kappa shape index (κ1) is 18.5. The maximum atomic E-state index is 5.55. The van der Waals surface area contributed by atoms with Crippen molar-refractivity contribution in [1.29, 1.82) is 0 Å². The number of ether oxygens (including phenoxy) is 1. The Labute approximate surface area is 162 Å². The van der Waals surface area contributed by atoms with E-state index < -0.39 is 0 Å². The molecule has 144 valence electrons. The average Bonchev–Trinajstić information content (AvgIpc) is 3.19. The molecular formula is C23H31N3O. The number of hydrogen-bond acceptors (Lipinski definition) is 4. The number of methoxy groups -OCH3 is 1. The monoisotopic (exact) mass is 365 g/mol. The van der Waals surface area contributed by atoms with Crippen LogP contribution in [0.15, 0.2) is 48.5 Å². The van der Waals surface area contributed by atoms with E-state index in [0.717, 1.165) is 25.4 Å². The van der Waals surface area contributed by atoms with E-state index >= 15 is 0 Å². The highest BCUT2D eigenvalue weighted by atomic mass is 16.5. The van der Waals surface area contributed by atoms with Gasteiger partial charge in [0.1, 0.15) is 5.75 Å². The zero-order chi connectivity index (χ0) is 18.6. The number of likely N-dealkylation sites (tertiary alicyclic amines) is 1. The van der Waals surface area contributed by atoms with E-state index in [9.17, 15) is 0 Å². The van der Waals surface area contributed by atoms with Crippen LogP contribution in [0.3, 0.4) is 0 Å². The standard InChI is InChI=1S/C23H31N3O/c1-17-9-11-18(12-10-17)21-14-24-25-23(21)20-7-5-13-26(16-20)15-19-6-3-4-8-22(19)27-2/h3-4,6,8-12,20-21,23-25H,5,7,13-16H2,1-2H3. The number of benzene rings is 2. The van der Waals surface area contributed by atoms with E-state index in [2.05, 4.69) is 65.1 Å². The van der Waals surface area contributed by atoms with Crippen LogP contribution in [0.1, 0.15) is 35.4 Å². The van der Waals surface area contributed by atoms with E-state index in [4.69, 9.17) is 4.74 Å². The molecule has 2 N–H and O–H groups in total. The molecule has 4 rings (SSSR count). The van der Waals surface area contributed by atoms with Crippen molar-refractivity contribution in [2.75, 3.05) is 26.7 Å². The SMILES string of the molecule is COc1ccccc1CN1CCCC(C2NNCC2c2ccc(C)cc2)C1. The molecule has 4 heteroatoms. The van der Waals surface area contributed by atoms with Crippen molar-refractivity contribution >= 4 is 0 Å². The Kier molecular flexibility index (Phi) is 5.77. The molecular weight excluding hydrogens is 334 g/mol. The first-order chi connectivity index (χ1) is 13.2. The molecule has 2 aliphatic heterocycles. The summed E-state index contributed by atoms with van der Waals surface area (Å²) in [5.74, 6) is 2.20. The molecule has 0 amide bonds. The van der Waals surface area contributed by atoms with Gasteiger partial charge in [-0.2, -0.15) is 0 Å². The van der Waals surface area contributed by atoms with E-state index in [1.165, 1.54) is 36.1 Å². The van der Waals surface area contributed by atoms with Crippen LogP contribution in [0.25, 0.3) is 0 Å². The van der Waals surface area contributed by atoms with Crippen molar-refractivity contribution in [3.05, 3.63) is 65.2 Å². The lowest BCUT2D eigenvalue weighted by Crippen LogP contribution is -2.46. The summed E-state index contributed by atoms with van der Waals surface area (Å²) in [6, 6.07) is 18.0. The van der Waals surface area contributed by atoms with Crippen LogP contribution in [0.4, 0.5) is 0 Å². The summed E-state index contributed by atoms with van der Waals surface area (Å²) in [5.41, 5.74) is 11.1. The molecule has 4 nitrogen and oxygen atoms in total. The highest BCUT2D eigenvalue weighted by Gasteiger charge is 2.36. The van der Waals surface area contributed by atoms with Crippen LogP contribution in [0.5, 0.6) is 5.75 Å². The molecule has 0 aliphatic carbocycles. The lowest BCUT2D eigenvalue weighted by molar-refractivity contribution is 0.138. The minimum absolute atomic E-state index is 0.494. The van der Waals surface area contributed by atoms with Crippen LogP contribution in [-0.2, 0) is 6.54 Å². The number of nitrogens with zero attached hydrogens (tertiary/aromatic N) is 1. The molecule has 2 saturated heterocycles. The van der Waals surface area contributed by atoms with Gasteiger partial charge < -0.3 is 4.74 Å². The smallest absolute Gasteiger partial charge is 0.123 e. The molecule has 0 spiro atoms. The van der Waals surface area contributed by atoms with E-state index in [1.807, 2.05) is 6.07 Å². The highest BCUT2D eigenvalue weighted by Crippen LogP contribution is 2.32. The molecule has 2 aliphatic rings. The first-order valence-electron chi connectivity index (χ1n) is 10.1. The molecule has 2 fully saturated rings. The largest absolute Gasteiger partial charge is 0.496 e. The van der Waals surface area contributed by atoms with Gasteiger partial charge in [-0.05, 0) is 43.9 Å². The number of aryl methyl sites for hydroxylation is 1. The first-order valence-corrected chi connectivity index (χ1v) is 10.1. The second-order valence-electron chi connectivity index (χ2n) is 8.02. The van der Waals surface area contributed by atoms with Gasteiger partial charge in [0.2, 0.25) is 0 Å². The lowest BCUT2D eigenvalue weighted by atomic mass is 9.81. The third kappa shape index (κ3) is 4.18. The Bertz CT molecular complexity index is 746. The van der Waals surface area contributed by atoms with Gasteiger partial charge in [0, 0.05) is 37.2 Å². The summed E-state index contributed by atoms with van der Waals surface area (Å²) in [6.45, 7) is 6.44. The maximum Gasteiger partial charge on any atom is 0.123 e. The summed E-state index contributed by atoms with van der Waals surface area (Å²) in [5, 5.41) is 0. The Balaban J connectivity index is 1.45. The van der Waals surface area contributed by atoms with Gasteiger partial charge in [0.05, 0.1) is 7.11 Å². The third-order valence-corrected chi connectivity index (χ3v) is 6.17. The Hall–Kier alpha value is -1.88. The number of nitrogens with one attached hydrogen (secondary N) is 2. The summed E-state index contributed by atoms with van der Waals surface area (Å²) < 4.78 is 5.55. The average molecular weight is 366 g/mol. The molecule has 0 saturated carbocycles. The van der Waals surface area contributed by atoms with Crippen molar-refractivity contribution in [3.63, 3.8) is 0 Å². The Morgan fingerprint density at radius 1 is 1.11 bits per heavy atom. The molecule has 2 aromatic rings. The van der Waals surface area contributed by atoms with Crippen molar-refractivity contribution in [2.45, 2.75) is 38.3 Å². The van der Waals surface area contributed by atoms with Crippen molar-refractivity contribution in [3.8, 4) is 5.75 Å². The predicted molar refractivity (Wildman–Crippen MR) is 110 cm³/mol. The summed E-state index contributed by atoms with van der Waals surface area (Å²) in [7, 11) is 1.76. The van der Waals surface area contributed by atoms with Crippen LogP contribution >= 0.6 is 0 Å². The topological polar surface area (TPSA) is 36.5 Å². The number of piperidine rings is 1. The summed E-state index contributed by atoms with van der Waals surface area (Å²) in [4.78, 5) is 2.60. The zero-order valence-corrected chi connectivity index (χ0v) is 16.4. The third-order valence-electron chi connectivity index (χ3n) is 6.17. The maximum absolute atomic E-state index is 5.55. The van der Waals surface area contributed by atoms with Gasteiger partial charge in [0.15, 0.2) is 0 Å². The van der Waals surface area contributed by atoms with E-state index in [1.54, 1.807) is 7.11 Å². The second-order valence-corrected chi connectivity index (χ2v) is 8.02. The lowest BCUT2D eigenvalue weighted by Gasteiger charge is -2.37. The molecule has 3 unspecified atom stereocenters. The number of hydrogen-bond donors (Lipinski definition) is 2. The quantitative estimate of drug-likeness (QED) is 0.851. The minimum Gasteiger partial charge on any atom is -0.496 e. The highest BCUT2D eigenvalue weighted by molar-refractivity contribution is 5.33. The Morgan fingerprint density at radius 3 is 2.74 bits per heavy atom. The number of para-hydroxylation sites is 1. The van der Waals surface area contributed by atoms with Crippen molar-refractivity contribution in [2.24, 2.45) is 5.92 Å². The van der Waals surface area contributed by atoms with Gasteiger partial charge in [-0.3, -0.25) is 15.8 Å². The summed E-state index contributed by atoms with van der Waals surface area (Å²) >= 11 is 0. The van der Waals surface area contributed by atoms with Crippen molar-refractivity contribution < 1.29 is 4.74 Å². The number of hydrazine groups is 1. The van der Waals surface area contributed by atoms with E-state index in [-0.39, 0.29) is 0 Å². The Morgan fingerprint density at radius 2 is 1.93 bits per heavy atom. The molecule has 0 bridgehead atoms. The van der Waals surface area contributed by atoms with Crippen LogP contribution in [0.2, 0.25) is 0 Å². The molecule has 3 atom stereocenters. The zero-order valence-electron chi connectivity index (χ0n) is 16.4.